The van der Waals surface area contributed by atoms with Crippen molar-refractivity contribution in [1.82, 2.24) is 9.21 Å². The second-order valence-corrected chi connectivity index (χ2v) is 9.00. The molecule has 0 unspecified atom stereocenters. The van der Waals surface area contributed by atoms with Gasteiger partial charge in [0.05, 0.1) is 12.3 Å². The van der Waals surface area contributed by atoms with E-state index in [4.69, 9.17) is 4.74 Å². The van der Waals surface area contributed by atoms with Gasteiger partial charge < -0.3 is 9.84 Å². The lowest BCUT2D eigenvalue weighted by Crippen LogP contribution is -2.49. The second kappa shape index (κ2) is 10.1. The van der Waals surface area contributed by atoms with Crippen molar-refractivity contribution in [3.63, 3.8) is 0 Å². The van der Waals surface area contributed by atoms with Gasteiger partial charge in [-0.2, -0.15) is 0 Å². The van der Waals surface area contributed by atoms with Crippen molar-refractivity contribution in [2.75, 3.05) is 38.5 Å². The molecule has 0 aliphatic carbocycles. The van der Waals surface area contributed by atoms with E-state index in [0.29, 0.717) is 39.1 Å². The Kier molecular flexibility index (Phi) is 8.07. The molecule has 0 amide bonds. The van der Waals surface area contributed by atoms with Crippen LogP contribution in [0.5, 0.6) is 5.75 Å². The summed E-state index contributed by atoms with van der Waals surface area (Å²) < 4.78 is 31.3. The minimum atomic E-state index is -3.18. The van der Waals surface area contributed by atoms with Gasteiger partial charge in [-0.05, 0) is 43.9 Å². The smallest absolute Gasteiger partial charge is 0.317 e. The van der Waals surface area contributed by atoms with Crippen LogP contribution >= 0.6 is 0 Å². The van der Waals surface area contributed by atoms with Crippen molar-refractivity contribution in [3.8, 4) is 5.75 Å². The van der Waals surface area contributed by atoms with Crippen LogP contribution in [0, 0.1) is 0 Å². The molecule has 27 heavy (non-hydrogen) atoms. The molecule has 1 heterocycles. The van der Waals surface area contributed by atoms with Gasteiger partial charge in [-0.3, -0.25) is 9.69 Å². The Hall–Kier alpha value is -1.64. The van der Waals surface area contributed by atoms with Crippen LogP contribution in [0.25, 0.3) is 0 Å². The first-order chi connectivity index (χ1) is 12.9. The summed E-state index contributed by atoms with van der Waals surface area (Å²) in [4.78, 5) is 13.1. The van der Waals surface area contributed by atoms with Crippen molar-refractivity contribution < 1.29 is 23.1 Å². The van der Waals surface area contributed by atoms with Gasteiger partial charge in [-0.1, -0.05) is 19.1 Å². The summed E-state index contributed by atoms with van der Waals surface area (Å²) in [5.74, 6) is 0.00123. The highest BCUT2D eigenvalue weighted by atomic mass is 32.2. The molecule has 1 N–H and O–H groups in total. The second-order valence-electron chi connectivity index (χ2n) is 6.74. The van der Waals surface area contributed by atoms with Crippen molar-refractivity contribution in [2.45, 2.75) is 39.2 Å². The number of hydrogen-bond donors (Lipinski definition) is 1. The van der Waals surface area contributed by atoms with Crippen LogP contribution in [0.1, 0.15) is 32.3 Å². The molecule has 0 bridgehead atoms. The summed E-state index contributed by atoms with van der Waals surface area (Å²) in [5.41, 5.74) is 1.19. The third-order valence-corrected chi connectivity index (χ3v) is 6.87. The summed E-state index contributed by atoms with van der Waals surface area (Å²) >= 11 is 0. The summed E-state index contributed by atoms with van der Waals surface area (Å²) in [6, 6.07) is 7.94. The highest BCUT2D eigenvalue weighted by Gasteiger charge is 2.30. The lowest BCUT2D eigenvalue weighted by atomic mass is 10.0. The molecule has 0 radical (unpaired) electrons. The maximum absolute atomic E-state index is 12.0. The largest absolute Gasteiger partial charge is 0.492 e. The zero-order valence-corrected chi connectivity index (χ0v) is 17.0. The van der Waals surface area contributed by atoms with Gasteiger partial charge in [0.15, 0.2) is 0 Å². The lowest BCUT2D eigenvalue weighted by Gasteiger charge is -2.37. The molecule has 0 saturated carbocycles. The minimum absolute atomic E-state index is 0.0509. The van der Waals surface area contributed by atoms with E-state index in [1.54, 1.807) is 6.92 Å². The van der Waals surface area contributed by atoms with Gasteiger partial charge in [-0.15, -0.1) is 0 Å². The average molecular weight is 399 g/mol. The summed E-state index contributed by atoms with van der Waals surface area (Å²) in [6.07, 6.45) is 2.21. The first kappa shape index (κ1) is 21.7. The van der Waals surface area contributed by atoms with Gasteiger partial charge in [0, 0.05) is 25.7 Å². The van der Waals surface area contributed by atoms with Gasteiger partial charge >= 0.3 is 5.97 Å². The van der Waals surface area contributed by atoms with E-state index in [2.05, 4.69) is 6.92 Å². The molecule has 1 saturated heterocycles. The first-order valence-electron chi connectivity index (χ1n) is 9.51. The zero-order chi connectivity index (χ0) is 19.9. The molecule has 1 aliphatic rings. The monoisotopic (exact) mass is 398 g/mol. The molecule has 0 aromatic heterocycles. The van der Waals surface area contributed by atoms with Crippen molar-refractivity contribution in [3.05, 3.63) is 29.8 Å². The quantitative estimate of drug-likeness (QED) is 0.647. The van der Waals surface area contributed by atoms with E-state index in [1.807, 2.05) is 29.2 Å². The summed E-state index contributed by atoms with van der Waals surface area (Å²) in [7, 11) is -3.18. The third kappa shape index (κ3) is 6.48. The number of carboxylic acid groups (broad SMARTS) is 1. The number of nitrogens with zero attached hydrogens (tertiary/aromatic N) is 2. The fraction of sp³-hybridized carbons (Fsp3) is 0.632. The van der Waals surface area contributed by atoms with Crippen molar-refractivity contribution >= 4 is 16.0 Å². The number of rotatable bonds is 10. The van der Waals surface area contributed by atoms with Gasteiger partial charge in [0.25, 0.3) is 0 Å². The number of hydrogen-bond acceptors (Lipinski definition) is 5. The maximum atomic E-state index is 12.0. The number of carbonyl (C=O) groups is 1. The fourth-order valence-electron chi connectivity index (χ4n) is 3.37. The number of aliphatic carboxylic acids is 1. The predicted molar refractivity (Wildman–Crippen MR) is 105 cm³/mol. The Morgan fingerprint density at radius 2 is 2.00 bits per heavy atom. The van der Waals surface area contributed by atoms with E-state index >= 15 is 0 Å². The van der Waals surface area contributed by atoms with Crippen LogP contribution in [0.4, 0.5) is 0 Å². The van der Waals surface area contributed by atoms with Crippen LogP contribution in [0.2, 0.25) is 0 Å². The molecule has 1 aliphatic heterocycles. The average Bonchev–Trinajstić information content (AvgIpc) is 2.67. The third-order valence-electron chi connectivity index (χ3n) is 4.99. The Morgan fingerprint density at radius 3 is 2.59 bits per heavy atom. The fourth-order valence-corrected chi connectivity index (χ4v) is 4.50. The highest BCUT2D eigenvalue weighted by Crippen LogP contribution is 2.20. The zero-order valence-electron chi connectivity index (χ0n) is 16.1. The molecule has 1 aromatic carbocycles. The Morgan fingerprint density at radius 1 is 1.30 bits per heavy atom. The molecule has 152 valence electrons. The minimum Gasteiger partial charge on any atom is -0.492 e. The van der Waals surface area contributed by atoms with Gasteiger partial charge in [0.2, 0.25) is 10.0 Å². The molecule has 1 fully saturated rings. The standard InChI is InChI=1S/C19H30N2O5S/c1-3-16-6-5-7-18(14-16)26-13-12-20(15-19(22)23)17-8-10-21(11-9-17)27(24,25)4-2/h5-7,14,17H,3-4,8-13,15H2,1-2H3,(H,22,23). The summed E-state index contributed by atoms with van der Waals surface area (Å²) in [5, 5.41) is 9.23. The molecule has 0 atom stereocenters. The van der Waals surface area contributed by atoms with Crippen molar-refractivity contribution in [2.24, 2.45) is 0 Å². The molecule has 1 aromatic rings. The number of sulfonamides is 1. The van der Waals surface area contributed by atoms with Crippen LogP contribution in [-0.2, 0) is 21.2 Å². The number of aryl methyl sites for hydroxylation is 1. The number of carboxylic acids is 1. The van der Waals surface area contributed by atoms with E-state index in [9.17, 15) is 18.3 Å². The van der Waals surface area contributed by atoms with Crippen molar-refractivity contribution in [1.29, 1.82) is 0 Å². The van der Waals surface area contributed by atoms with Crippen LogP contribution in [0.15, 0.2) is 24.3 Å². The van der Waals surface area contributed by atoms with E-state index in [-0.39, 0.29) is 18.3 Å². The first-order valence-corrected chi connectivity index (χ1v) is 11.1. The number of piperidine rings is 1. The SMILES string of the molecule is CCc1cccc(OCCN(CC(=O)O)C2CCN(S(=O)(=O)CC)CC2)c1. The predicted octanol–water partition coefficient (Wildman–Crippen LogP) is 1.83. The molecule has 8 heteroatoms. The van der Waals surface area contributed by atoms with E-state index < -0.39 is 16.0 Å². The van der Waals surface area contributed by atoms with E-state index in [1.165, 1.54) is 9.87 Å². The highest BCUT2D eigenvalue weighted by molar-refractivity contribution is 7.89. The maximum Gasteiger partial charge on any atom is 0.317 e. The van der Waals surface area contributed by atoms with Crippen LogP contribution in [-0.4, -0.2) is 73.3 Å². The normalized spacial score (nSPS) is 16.6. The molecule has 7 nitrogen and oxygen atoms in total. The molecule has 0 spiro atoms. The van der Waals surface area contributed by atoms with E-state index in [0.717, 1.165) is 12.2 Å². The molecular weight excluding hydrogens is 368 g/mol. The van der Waals surface area contributed by atoms with Crippen LogP contribution < -0.4 is 4.74 Å². The lowest BCUT2D eigenvalue weighted by molar-refractivity contribution is -0.139. The number of benzene rings is 1. The topological polar surface area (TPSA) is 87.2 Å². The Labute approximate surface area is 162 Å². The Bertz CT molecular complexity index is 715. The van der Waals surface area contributed by atoms with Crippen LogP contribution in [0.3, 0.4) is 0 Å². The Balaban J connectivity index is 1.90. The van der Waals surface area contributed by atoms with Gasteiger partial charge in [-0.25, -0.2) is 12.7 Å². The molecule has 2 rings (SSSR count). The summed E-state index contributed by atoms with van der Waals surface area (Å²) in [6.45, 7) is 5.43. The van der Waals surface area contributed by atoms with Gasteiger partial charge in [0.1, 0.15) is 12.4 Å². The molecular formula is C19H30N2O5S. The number of ether oxygens (including phenoxy) is 1.